The molecule has 0 saturated carbocycles. The average molecular weight is 200 g/mol. The predicted octanol–water partition coefficient (Wildman–Crippen LogP) is 3.50. The Morgan fingerprint density at radius 3 is 2.43 bits per heavy atom. The van der Waals surface area contributed by atoms with Gasteiger partial charge < -0.3 is 9.47 Å². The van der Waals surface area contributed by atoms with E-state index in [1.54, 1.807) is 0 Å². The first kappa shape index (κ1) is 12.0. The predicted molar refractivity (Wildman–Crippen MR) is 58.3 cm³/mol. The van der Waals surface area contributed by atoms with Gasteiger partial charge >= 0.3 is 0 Å². The van der Waals surface area contributed by atoms with Crippen molar-refractivity contribution in [3.8, 4) is 0 Å². The van der Waals surface area contributed by atoms with Crippen LogP contribution in [0.3, 0.4) is 0 Å². The Kier molecular flexibility index (Phi) is 6.20. The molecule has 1 aliphatic heterocycles. The molecule has 84 valence electrons. The Morgan fingerprint density at radius 1 is 1.07 bits per heavy atom. The van der Waals surface area contributed by atoms with E-state index in [1.165, 1.54) is 38.5 Å². The molecule has 0 aliphatic carbocycles. The minimum absolute atomic E-state index is 0.0937. The van der Waals surface area contributed by atoms with Crippen LogP contribution in [0.2, 0.25) is 0 Å². The van der Waals surface area contributed by atoms with Crippen LogP contribution in [0, 0.1) is 0 Å². The van der Waals surface area contributed by atoms with Crippen molar-refractivity contribution in [3.05, 3.63) is 0 Å². The molecule has 0 unspecified atom stereocenters. The number of hydrogen-bond acceptors (Lipinski definition) is 2. The van der Waals surface area contributed by atoms with Gasteiger partial charge in [-0.05, 0) is 19.8 Å². The molecule has 0 bridgehead atoms. The summed E-state index contributed by atoms with van der Waals surface area (Å²) in [5, 5.41) is 0. The van der Waals surface area contributed by atoms with Crippen molar-refractivity contribution in [2.24, 2.45) is 0 Å². The Morgan fingerprint density at radius 2 is 1.79 bits per heavy atom. The molecule has 1 fully saturated rings. The van der Waals surface area contributed by atoms with Gasteiger partial charge in [-0.15, -0.1) is 0 Å². The van der Waals surface area contributed by atoms with Crippen molar-refractivity contribution in [3.63, 3.8) is 0 Å². The van der Waals surface area contributed by atoms with Crippen LogP contribution in [0.1, 0.15) is 58.8 Å². The molecule has 0 radical (unpaired) electrons. The summed E-state index contributed by atoms with van der Waals surface area (Å²) in [6, 6.07) is 0. The second-order valence-corrected chi connectivity index (χ2v) is 4.27. The molecule has 1 saturated heterocycles. The van der Waals surface area contributed by atoms with E-state index in [1.807, 2.05) is 0 Å². The second kappa shape index (κ2) is 7.24. The highest BCUT2D eigenvalue weighted by Crippen LogP contribution is 2.17. The summed E-state index contributed by atoms with van der Waals surface area (Å²) in [7, 11) is 0. The van der Waals surface area contributed by atoms with Crippen LogP contribution in [0.5, 0.6) is 0 Å². The van der Waals surface area contributed by atoms with Crippen molar-refractivity contribution in [1.29, 1.82) is 0 Å². The lowest BCUT2D eigenvalue weighted by atomic mass is 10.1. The number of ether oxygens (including phenoxy) is 2. The summed E-state index contributed by atoms with van der Waals surface area (Å²) in [5.41, 5.74) is 0. The van der Waals surface area contributed by atoms with Gasteiger partial charge in [-0.3, -0.25) is 0 Å². The van der Waals surface area contributed by atoms with Crippen LogP contribution in [0.25, 0.3) is 0 Å². The highest BCUT2D eigenvalue weighted by Gasteiger charge is 2.21. The van der Waals surface area contributed by atoms with Crippen LogP contribution in [-0.2, 0) is 9.47 Å². The monoisotopic (exact) mass is 200 g/mol. The fraction of sp³-hybridized carbons (Fsp3) is 1.00. The van der Waals surface area contributed by atoms with Gasteiger partial charge in [-0.1, -0.05) is 39.0 Å². The SMILES string of the molecule is CCCCCCCC[C@H]1OC[C@H](C)O1. The van der Waals surface area contributed by atoms with Gasteiger partial charge in [0.1, 0.15) is 0 Å². The van der Waals surface area contributed by atoms with Crippen LogP contribution in [0.4, 0.5) is 0 Å². The zero-order chi connectivity index (χ0) is 10.2. The first-order chi connectivity index (χ1) is 6.83. The van der Waals surface area contributed by atoms with Gasteiger partial charge in [0.2, 0.25) is 0 Å². The minimum atomic E-state index is 0.0937. The Balaban J connectivity index is 1.84. The van der Waals surface area contributed by atoms with Crippen LogP contribution in [-0.4, -0.2) is 19.0 Å². The fourth-order valence-corrected chi connectivity index (χ4v) is 1.82. The molecule has 2 nitrogen and oxygen atoms in total. The molecule has 2 atom stereocenters. The van der Waals surface area contributed by atoms with Gasteiger partial charge in [0.15, 0.2) is 6.29 Å². The Hall–Kier alpha value is -0.0800. The molecule has 0 N–H and O–H groups in total. The lowest BCUT2D eigenvalue weighted by molar-refractivity contribution is -0.0604. The van der Waals surface area contributed by atoms with Gasteiger partial charge in [-0.2, -0.15) is 0 Å². The van der Waals surface area contributed by atoms with Crippen molar-refractivity contribution < 1.29 is 9.47 Å². The van der Waals surface area contributed by atoms with Crippen LogP contribution >= 0.6 is 0 Å². The molecule has 0 aromatic carbocycles. The van der Waals surface area contributed by atoms with E-state index >= 15 is 0 Å². The average Bonchev–Trinajstić information content (AvgIpc) is 2.58. The summed E-state index contributed by atoms with van der Waals surface area (Å²) >= 11 is 0. The number of rotatable bonds is 7. The molecular formula is C12H24O2. The third-order valence-corrected chi connectivity index (χ3v) is 2.69. The molecule has 2 heteroatoms. The molecule has 0 aromatic rings. The first-order valence-corrected chi connectivity index (χ1v) is 6.10. The van der Waals surface area contributed by atoms with Crippen LogP contribution in [0.15, 0.2) is 0 Å². The Bertz CT molecular complexity index is 136. The van der Waals surface area contributed by atoms with Crippen molar-refractivity contribution in [2.75, 3.05) is 6.61 Å². The smallest absolute Gasteiger partial charge is 0.158 e. The van der Waals surface area contributed by atoms with E-state index in [0.717, 1.165) is 13.0 Å². The third kappa shape index (κ3) is 4.97. The highest BCUT2D eigenvalue weighted by atomic mass is 16.7. The topological polar surface area (TPSA) is 18.5 Å². The third-order valence-electron chi connectivity index (χ3n) is 2.69. The minimum Gasteiger partial charge on any atom is -0.350 e. The zero-order valence-electron chi connectivity index (χ0n) is 9.63. The maximum absolute atomic E-state index is 5.57. The first-order valence-electron chi connectivity index (χ1n) is 6.10. The van der Waals surface area contributed by atoms with Crippen molar-refractivity contribution in [2.45, 2.75) is 71.2 Å². The van der Waals surface area contributed by atoms with E-state index in [-0.39, 0.29) is 6.29 Å². The number of unbranched alkanes of at least 4 members (excludes halogenated alkanes) is 5. The van der Waals surface area contributed by atoms with E-state index < -0.39 is 0 Å². The summed E-state index contributed by atoms with van der Waals surface area (Å²) in [6.07, 6.45) is 9.53. The molecule has 0 amide bonds. The molecule has 1 heterocycles. The lowest BCUT2D eigenvalue weighted by Gasteiger charge is -2.08. The molecule has 1 rings (SSSR count). The van der Waals surface area contributed by atoms with E-state index in [2.05, 4.69) is 13.8 Å². The van der Waals surface area contributed by atoms with E-state index in [9.17, 15) is 0 Å². The van der Waals surface area contributed by atoms with Crippen molar-refractivity contribution in [1.82, 2.24) is 0 Å². The molecule has 1 aliphatic rings. The highest BCUT2D eigenvalue weighted by molar-refractivity contribution is 4.60. The fourth-order valence-electron chi connectivity index (χ4n) is 1.82. The molecule has 14 heavy (non-hydrogen) atoms. The van der Waals surface area contributed by atoms with Gasteiger partial charge in [-0.25, -0.2) is 0 Å². The summed E-state index contributed by atoms with van der Waals surface area (Å²) in [5.74, 6) is 0. The summed E-state index contributed by atoms with van der Waals surface area (Å²) < 4.78 is 11.0. The van der Waals surface area contributed by atoms with Crippen molar-refractivity contribution >= 4 is 0 Å². The van der Waals surface area contributed by atoms with Crippen LogP contribution < -0.4 is 0 Å². The number of hydrogen-bond donors (Lipinski definition) is 0. The lowest BCUT2D eigenvalue weighted by Crippen LogP contribution is -2.08. The van der Waals surface area contributed by atoms with E-state index in [4.69, 9.17) is 9.47 Å². The quantitative estimate of drug-likeness (QED) is 0.586. The molecule has 0 aromatic heterocycles. The standard InChI is InChI=1S/C12H24O2/c1-3-4-5-6-7-8-9-12-13-10-11(2)14-12/h11-12H,3-10H2,1-2H3/t11-,12-/m0/s1. The second-order valence-electron chi connectivity index (χ2n) is 4.27. The Labute approximate surface area is 88.0 Å². The molecule has 0 spiro atoms. The van der Waals surface area contributed by atoms with Gasteiger partial charge in [0, 0.05) is 0 Å². The van der Waals surface area contributed by atoms with Gasteiger partial charge in [0.25, 0.3) is 0 Å². The van der Waals surface area contributed by atoms with Gasteiger partial charge in [0.05, 0.1) is 12.7 Å². The largest absolute Gasteiger partial charge is 0.350 e. The maximum Gasteiger partial charge on any atom is 0.158 e. The summed E-state index contributed by atoms with van der Waals surface area (Å²) in [6.45, 7) is 5.10. The maximum atomic E-state index is 5.57. The summed E-state index contributed by atoms with van der Waals surface area (Å²) in [4.78, 5) is 0. The zero-order valence-corrected chi connectivity index (χ0v) is 9.63. The normalized spacial score (nSPS) is 27.0. The van der Waals surface area contributed by atoms with E-state index in [0.29, 0.717) is 6.10 Å². The molecular weight excluding hydrogens is 176 g/mol.